The van der Waals surface area contributed by atoms with E-state index in [9.17, 15) is 14.7 Å². The molecule has 4 aromatic carbocycles. The van der Waals surface area contributed by atoms with Crippen LogP contribution in [0, 0.1) is 0 Å². The molecule has 1 N–H and O–H groups in total. The van der Waals surface area contributed by atoms with Crippen molar-refractivity contribution in [3.8, 4) is 11.5 Å². The average molecular weight is 450 g/mol. The first-order valence-electron chi connectivity index (χ1n) is 11.0. The minimum Gasteiger partial charge on any atom is -0.488 e. The third kappa shape index (κ3) is 4.09. The summed E-state index contributed by atoms with van der Waals surface area (Å²) in [6, 6.07) is 27.4. The number of ketones is 2. The maximum Gasteiger partial charge on any atom is 0.201 e. The van der Waals surface area contributed by atoms with Crippen molar-refractivity contribution in [2.24, 2.45) is 0 Å². The molecule has 5 rings (SSSR count). The van der Waals surface area contributed by atoms with Gasteiger partial charge in [-0.15, -0.1) is 0 Å². The number of hydrogen-bond donors (Lipinski definition) is 1. The standard InChI is InChI=1S/C29H22O5/c30-16-21-14-23-27(25(15-21)34-18-20-10-5-2-6-11-20)29(32)26-22(28(23)31)12-7-13-24(26)33-17-19-8-3-1-4-9-19/h1-15,30H,16-18H2. The molecule has 0 bridgehead atoms. The molecule has 0 aliphatic heterocycles. The van der Waals surface area contributed by atoms with Gasteiger partial charge in [-0.3, -0.25) is 9.59 Å². The van der Waals surface area contributed by atoms with Crippen LogP contribution in [0.5, 0.6) is 11.5 Å². The minimum absolute atomic E-state index is 0.196. The lowest BCUT2D eigenvalue weighted by Crippen LogP contribution is -2.23. The van der Waals surface area contributed by atoms with Crippen molar-refractivity contribution in [2.45, 2.75) is 19.8 Å². The molecule has 0 heterocycles. The van der Waals surface area contributed by atoms with Crippen LogP contribution in [0.4, 0.5) is 0 Å². The van der Waals surface area contributed by atoms with Gasteiger partial charge in [0.25, 0.3) is 0 Å². The highest BCUT2D eigenvalue weighted by Gasteiger charge is 2.35. The van der Waals surface area contributed by atoms with Crippen LogP contribution in [0.15, 0.2) is 91.0 Å². The summed E-state index contributed by atoms with van der Waals surface area (Å²) < 4.78 is 12.0. The number of benzene rings is 4. The summed E-state index contributed by atoms with van der Waals surface area (Å²) in [4.78, 5) is 27.2. The van der Waals surface area contributed by atoms with E-state index < -0.39 is 0 Å². The second-order valence-electron chi connectivity index (χ2n) is 8.06. The molecule has 0 fully saturated rings. The smallest absolute Gasteiger partial charge is 0.201 e. The second kappa shape index (κ2) is 9.33. The fourth-order valence-corrected chi connectivity index (χ4v) is 4.11. The summed E-state index contributed by atoms with van der Waals surface area (Å²) >= 11 is 0. The zero-order valence-corrected chi connectivity index (χ0v) is 18.4. The van der Waals surface area contributed by atoms with Gasteiger partial charge in [-0.2, -0.15) is 0 Å². The molecule has 0 saturated heterocycles. The third-order valence-electron chi connectivity index (χ3n) is 5.79. The van der Waals surface area contributed by atoms with Gasteiger partial charge in [-0.25, -0.2) is 0 Å². The van der Waals surface area contributed by atoms with Crippen molar-refractivity contribution in [3.05, 3.63) is 130 Å². The van der Waals surface area contributed by atoms with E-state index in [1.54, 1.807) is 30.3 Å². The molecule has 0 amide bonds. The van der Waals surface area contributed by atoms with Gasteiger partial charge in [0.1, 0.15) is 24.7 Å². The minimum atomic E-state index is -0.333. The van der Waals surface area contributed by atoms with Crippen LogP contribution in [0.25, 0.3) is 0 Å². The van der Waals surface area contributed by atoms with E-state index in [2.05, 4.69) is 0 Å². The Hall–Kier alpha value is -4.22. The Balaban J connectivity index is 1.54. The lowest BCUT2D eigenvalue weighted by molar-refractivity contribution is 0.0971. The molecule has 0 aromatic heterocycles. The Morgan fingerprint density at radius 1 is 0.559 bits per heavy atom. The van der Waals surface area contributed by atoms with Gasteiger partial charge in [-0.1, -0.05) is 72.8 Å². The molecule has 34 heavy (non-hydrogen) atoms. The molecule has 5 nitrogen and oxygen atoms in total. The van der Waals surface area contributed by atoms with Crippen LogP contribution < -0.4 is 9.47 Å². The first-order chi connectivity index (χ1) is 16.7. The first-order valence-corrected chi connectivity index (χ1v) is 11.0. The quantitative estimate of drug-likeness (QED) is 0.373. The van der Waals surface area contributed by atoms with Crippen LogP contribution >= 0.6 is 0 Å². The highest BCUT2D eigenvalue weighted by Crippen LogP contribution is 2.38. The lowest BCUT2D eigenvalue weighted by Gasteiger charge is -2.23. The predicted octanol–water partition coefficient (Wildman–Crippen LogP) is 5.11. The number of ether oxygens (including phenoxy) is 2. The highest BCUT2D eigenvalue weighted by molar-refractivity contribution is 6.30. The number of aliphatic hydroxyl groups excluding tert-OH is 1. The first kappa shape index (κ1) is 21.6. The summed E-state index contributed by atoms with van der Waals surface area (Å²) in [5, 5.41) is 9.75. The van der Waals surface area contributed by atoms with E-state index >= 15 is 0 Å². The summed E-state index contributed by atoms with van der Waals surface area (Å²) in [5.74, 6) is -0.00621. The molecule has 0 unspecified atom stereocenters. The molecule has 0 spiro atoms. The van der Waals surface area contributed by atoms with Crippen molar-refractivity contribution >= 4 is 11.6 Å². The number of aliphatic hydroxyl groups is 1. The molecule has 1 aliphatic rings. The van der Waals surface area contributed by atoms with Crippen molar-refractivity contribution in [1.82, 2.24) is 0 Å². The Morgan fingerprint density at radius 3 is 1.76 bits per heavy atom. The molecule has 1 aliphatic carbocycles. The molecule has 0 radical (unpaired) electrons. The predicted molar refractivity (Wildman–Crippen MR) is 127 cm³/mol. The van der Waals surface area contributed by atoms with Crippen LogP contribution in [0.1, 0.15) is 48.5 Å². The Morgan fingerprint density at radius 2 is 1.15 bits per heavy atom. The maximum absolute atomic E-state index is 13.7. The fourth-order valence-electron chi connectivity index (χ4n) is 4.11. The van der Waals surface area contributed by atoms with E-state index in [1.165, 1.54) is 0 Å². The van der Waals surface area contributed by atoms with Gasteiger partial charge in [0.2, 0.25) is 5.78 Å². The van der Waals surface area contributed by atoms with Crippen molar-refractivity contribution in [3.63, 3.8) is 0 Å². The molecule has 5 heteroatoms. The summed E-state index contributed by atoms with van der Waals surface area (Å²) in [5.41, 5.74) is 3.32. The van der Waals surface area contributed by atoms with Gasteiger partial charge in [-0.05, 0) is 34.9 Å². The number of hydrogen-bond acceptors (Lipinski definition) is 5. The van der Waals surface area contributed by atoms with Crippen molar-refractivity contribution in [2.75, 3.05) is 0 Å². The second-order valence-corrected chi connectivity index (χ2v) is 8.06. The molecule has 0 saturated carbocycles. The van der Waals surface area contributed by atoms with E-state index in [0.717, 1.165) is 11.1 Å². The Labute approximate surface area is 197 Å². The van der Waals surface area contributed by atoms with Crippen LogP contribution in [-0.4, -0.2) is 16.7 Å². The summed E-state index contributed by atoms with van der Waals surface area (Å²) in [6.45, 7) is 0.221. The molecular formula is C29H22O5. The third-order valence-corrected chi connectivity index (χ3v) is 5.79. The summed E-state index contributed by atoms with van der Waals surface area (Å²) in [7, 11) is 0. The number of carbonyl (C=O) groups is 2. The maximum atomic E-state index is 13.7. The van der Waals surface area contributed by atoms with Gasteiger partial charge in [0.15, 0.2) is 5.78 Å². The van der Waals surface area contributed by atoms with Gasteiger partial charge in [0.05, 0.1) is 17.7 Å². The molecular weight excluding hydrogens is 428 g/mol. The van der Waals surface area contributed by atoms with Crippen LogP contribution in [-0.2, 0) is 19.8 Å². The monoisotopic (exact) mass is 450 g/mol. The van der Waals surface area contributed by atoms with Crippen molar-refractivity contribution < 1.29 is 24.2 Å². The topological polar surface area (TPSA) is 72.8 Å². The van der Waals surface area contributed by atoms with Crippen LogP contribution in [0.3, 0.4) is 0 Å². The Bertz CT molecular complexity index is 1360. The van der Waals surface area contributed by atoms with Crippen molar-refractivity contribution in [1.29, 1.82) is 0 Å². The zero-order chi connectivity index (χ0) is 23.5. The van der Waals surface area contributed by atoms with E-state index in [-0.39, 0.29) is 59.4 Å². The molecule has 4 aromatic rings. The van der Waals surface area contributed by atoms with E-state index in [0.29, 0.717) is 11.3 Å². The van der Waals surface area contributed by atoms with Gasteiger partial charge < -0.3 is 14.6 Å². The van der Waals surface area contributed by atoms with E-state index in [4.69, 9.17) is 9.47 Å². The highest BCUT2D eigenvalue weighted by atomic mass is 16.5. The number of fused-ring (bicyclic) bond motifs is 2. The molecule has 0 atom stereocenters. The fraction of sp³-hybridized carbons (Fsp3) is 0.103. The molecule has 168 valence electrons. The number of carbonyl (C=O) groups excluding carboxylic acids is 2. The lowest BCUT2D eigenvalue weighted by atomic mass is 9.82. The normalized spacial score (nSPS) is 12.1. The number of rotatable bonds is 7. The Kier molecular flexibility index (Phi) is 5.93. The summed E-state index contributed by atoms with van der Waals surface area (Å²) in [6.07, 6.45) is 0. The average Bonchev–Trinajstić information content (AvgIpc) is 2.89. The zero-order valence-electron chi connectivity index (χ0n) is 18.4. The van der Waals surface area contributed by atoms with E-state index in [1.807, 2.05) is 60.7 Å². The SMILES string of the molecule is O=C1c2cccc(OCc3ccccc3)c2C(=O)c2c(OCc3ccccc3)cc(CO)cc21. The van der Waals surface area contributed by atoms with Crippen LogP contribution in [0.2, 0.25) is 0 Å². The largest absolute Gasteiger partial charge is 0.488 e. The van der Waals surface area contributed by atoms with Gasteiger partial charge in [0, 0.05) is 11.1 Å². The van der Waals surface area contributed by atoms with Gasteiger partial charge >= 0.3 is 0 Å².